The van der Waals surface area contributed by atoms with E-state index in [1.165, 1.54) is 51.4 Å². The molecule has 0 aromatic rings. The molecule has 0 saturated heterocycles. The van der Waals surface area contributed by atoms with Gasteiger partial charge in [-0.15, -0.1) is 0 Å². The molecule has 0 aromatic carbocycles. The molecule has 3 N–H and O–H groups in total. The van der Waals surface area contributed by atoms with Crippen LogP contribution in [0, 0.1) is 0 Å². The second-order valence-corrected chi connectivity index (χ2v) is 29.5. The zero-order valence-electron chi connectivity index (χ0n) is 66.9. The molecule has 0 saturated carbocycles. The first-order valence-corrected chi connectivity index (χ1v) is 44.0. The summed E-state index contributed by atoms with van der Waals surface area (Å²) in [6.45, 7) is 4.38. The highest BCUT2D eigenvalue weighted by Gasteiger charge is 2.30. The van der Waals surface area contributed by atoms with Crippen LogP contribution in [0.4, 0.5) is 0 Å². The lowest BCUT2D eigenvalue weighted by Crippen LogP contribution is -2.30. The lowest BCUT2D eigenvalue weighted by molar-refractivity contribution is -0.161. The molecule has 17 nitrogen and oxygen atoms in total. The Morgan fingerprint density at radius 2 is 0.500 bits per heavy atom. The summed E-state index contributed by atoms with van der Waals surface area (Å²) >= 11 is 0. The van der Waals surface area contributed by atoms with Crippen molar-refractivity contribution in [2.24, 2.45) is 0 Å². The number of rotatable bonds is 75. The second-order valence-electron chi connectivity index (χ2n) is 26.6. The van der Waals surface area contributed by atoms with Gasteiger partial charge in [0.1, 0.15) is 19.3 Å². The van der Waals surface area contributed by atoms with E-state index in [9.17, 15) is 43.2 Å². The molecule has 5 atom stereocenters. The number of carbonyl (C=O) groups excluding carboxylic acids is 4. The number of allylic oxidation sites excluding steroid dienone is 30. The van der Waals surface area contributed by atoms with Crippen molar-refractivity contribution in [2.45, 2.75) is 316 Å². The van der Waals surface area contributed by atoms with E-state index in [1.807, 2.05) is 18.2 Å². The summed E-state index contributed by atoms with van der Waals surface area (Å²) in [6.07, 6.45) is 95.9. The van der Waals surface area contributed by atoms with Crippen molar-refractivity contribution in [3.8, 4) is 0 Å². The Morgan fingerprint density at radius 1 is 0.269 bits per heavy atom. The predicted molar refractivity (Wildman–Crippen MR) is 445 cm³/mol. The first-order chi connectivity index (χ1) is 52.7. The van der Waals surface area contributed by atoms with Crippen LogP contribution in [0.25, 0.3) is 0 Å². The number of aliphatic hydroxyl groups excluding tert-OH is 1. The average molecular weight is 1550 g/mol. The number of ether oxygens (including phenoxy) is 4. The highest BCUT2D eigenvalue weighted by molar-refractivity contribution is 7.47. The van der Waals surface area contributed by atoms with Gasteiger partial charge in [0.25, 0.3) is 0 Å². The van der Waals surface area contributed by atoms with Gasteiger partial charge >= 0.3 is 39.5 Å². The molecular formula is C89H144O17P2. The van der Waals surface area contributed by atoms with E-state index in [0.717, 1.165) is 161 Å². The number of carbonyl (C=O) groups is 4. The third-order valence-corrected chi connectivity index (χ3v) is 18.3. The maximum absolute atomic E-state index is 13.1. The second kappa shape index (κ2) is 79.3. The molecule has 108 heavy (non-hydrogen) atoms. The number of phosphoric ester groups is 2. The van der Waals surface area contributed by atoms with E-state index in [1.54, 1.807) is 0 Å². The third kappa shape index (κ3) is 78.3. The van der Waals surface area contributed by atoms with Gasteiger partial charge in [-0.05, 0) is 148 Å². The molecule has 0 amide bonds. The normalized spacial score (nSPS) is 14.8. The topological polar surface area (TPSA) is 237 Å². The van der Waals surface area contributed by atoms with Gasteiger partial charge in [0.15, 0.2) is 12.2 Å². The summed E-state index contributed by atoms with van der Waals surface area (Å²) < 4.78 is 68.6. The van der Waals surface area contributed by atoms with Gasteiger partial charge in [-0.25, -0.2) is 9.13 Å². The van der Waals surface area contributed by atoms with Gasteiger partial charge in [-0.2, -0.15) is 0 Å². The van der Waals surface area contributed by atoms with Gasteiger partial charge < -0.3 is 33.8 Å². The molecule has 19 heteroatoms. The summed E-state index contributed by atoms with van der Waals surface area (Å²) in [4.78, 5) is 73.1. The summed E-state index contributed by atoms with van der Waals surface area (Å²) in [5, 5.41) is 10.7. The summed E-state index contributed by atoms with van der Waals surface area (Å²) in [6, 6.07) is 0. The van der Waals surface area contributed by atoms with Crippen LogP contribution < -0.4 is 0 Å². The van der Waals surface area contributed by atoms with Crippen molar-refractivity contribution in [3.05, 3.63) is 182 Å². The van der Waals surface area contributed by atoms with E-state index in [0.29, 0.717) is 32.1 Å². The van der Waals surface area contributed by atoms with Crippen molar-refractivity contribution < 1.29 is 80.2 Å². The monoisotopic (exact) mass is 1550 g/mol. The summed E-state index contributed by atoms with van der Waals surface area (Å²) in [7, 11) is -10.0. The lowest BCUT2D eigenvalue weighted by atomic mass is 10.0. The highest BCUT2D eigenvalue weighted by Crippen LogP contribution is 2.45. The van der Waals surface area contributed by atoms with Crippen LogP contribution in [0.2, 0.25) is 0 Å². The van der Waals surface area contributed by atoms with E-state index in [-0.39, 0.29) is 25.7 Å². The molecule has 5 unspecified atom stereocenters. The fourth-order valence-corrected chi connectivity index (χ4v) is 11.8. The van der Waals surface area contributed by atoms with Crippen LogP contribution in [0.1, 0.15) is 297 Å². The van der Waals surface area contributed by atoms with Crippen molar-refractivity contribution in [1.82, 2.24) is 0 Å². The van der Waals surface area contributed by atoms with Gasteiger partial charge in [0.2, 0.25) is 0 Å². The molecule has 0 spiro atoms. The van der Waals surface area contributed by atoms with Crippen LogP contribution >= 0.6 is 15.6 Å². The Morgan fingerprint density at radius 3 is 0.806 bits per heavy atom. The van der Waals surface area contributed by atoms with Gasteiger partial charge in [-0.3, -0.25) is 37.3 Å². The fraction of sp³-hybridized carbons (Fsp3) is 0.618. The molecule has 0 aromatic heterocycles. The van der Waals surface area contributed by atoms with E-state index >= 15 is 0 Å². The molecule has 0 heterocycles. The molecule has 0 fully saturated rings. The molecule has 0 aliphatic heterocycles. The van der Waals surface area contributed by atoms with Gasteiger partial charge in [0, 0.05) is 25.7 Å². The van der Waals surface area contributed by atoms with E-state index in [4.69, 9.17) is 37.0 Å². The number of esters is 4. The minimum atomic E-state index is -5.02. The van der Waals surface area contributed by atoms with Crippen molar-refractivity contribution in [1.29, 1.82) is 0 Å². The van der Waals surface area contributed by atoms with Crippen molar-refractivity contribution in [2.75, 3.05) is 39.6 Å². The molecule has 0 aliphatic rings. The molecule has 0 radical (unpaired) electrons. The predicted octanol–water partition coefficient (Wildman–Crippen LogP) is 24.3. The molecule has 0 rings (SSSR count). The lowest BCUT2D eigenvalue weighted by Gasteiger charge is -2.21. The average Bonchev–Trinajstić information content (AvgIpc) is 0.892. The quantitative estimate of drug-likeness (QED) is 0.0169. The molecule has 0 bridgehead atoms. The van der Waals surface area contributed by atoms with Crippen LogP contribution in [0.5, 0.6) is 0 Å². The summed E-state index contributed by atoms with van der Waals surface area (Å²) in [5.41, 5.74) is 0. The minimum absolute atomic E-state index is 0.0214. The number of unbranched alkanes of at least 4 members (excludes halogenated alkanes) is 19. The minimum Gasteiger partial charge on any atom is -0.462 e. The SMILES string of the molecule is CC/C=C\C/C=C\C/C=C\C/C=C\C/C=C\C/C=C\CCC(=O)OCC(COP(=O)(O)OCC(O)COP(=O)(O)OCC(COC(=O)CCCCCC/C=C\C/C=C\C/C=C\C/C=C\CC)OC(=O)CCCCCCCCCCCCCCC)OC(=O)CCCCC/C=C\C/C=C\C/C=C\C/C=C\C/C=C\CC. The highest BCUT2D eigenvalue weighted by atomic mass is 31.2. The van der Waals surface area contributed by atoms with Crippen molar-refractivity contribution in [3.63, 3.8) is 0 Å². The number of phosphoric acid groups is 2. The van der Waals surface area contributed by atoms with Crippen LogP contribution in [0.15, 0.2) is 182 Å². The Labute approximate surface area is 654 Å². The molecule has 612 valence electrons. The van der Waals surface area contributed by atoms with Gasteiger partial charge in [0.05, 0.1) is 26.4 Å². The molecule has 0 aliphatic carbocycles. The Hall–Kier alpha value is -5.84. The number of hydrogen-bond donors (Lipinski definition) is 3. The molecular weight excluding hydrogens is 1400 g/mol. The van der Waals surface area contributed by atoms with Gasteiger partial charge in [-0.1, -0.05) is 306 Å². The maximum atomic E-state index is 13.1. The van der Waals surface area contributed by atoms with Crippen LogP contribution in [0.3, 0.4) is 0 Å². The zero-order valence-corrected chi connectivity index (χ0v) is 68.7. The maximum Gasteiger partial charge on any atom is 0.472 e. The Bertz CT molecular complexity index is 2760. The zero-order chi connectivity index (χ0) is 78.9. The van der Waals surface area contributed by atoms with E-state index in [2.05, 4.69) is 192 Å². The smallest absolute Gasteiger partial charge is 0.462 e. The van der Waals surface area contributed by atoms with Crippen LogP contribution in [-0.2, 0) is 65.4 Å². The van der Waals surface area contributed by atoms with Crippen molar-refractivity contribution >= 4 is 39.5 Å². The first kappa shape index (κ1) is 102. The largest absolute Gasteiger partial charge is 0.472 e. The fourth-order valence-electron chi connectivity index (χ4n) is 10.3. The number of hydrogen-bond acceptors (Lipinski definition) is 15. The Kier molecular flexibility index (Phi) is 75.0. The number of aliphatic hydroxyl groups is 1. The third-order valence-electron chi connectivity index (χ3n) is 16.4. The standard InChI is InChI=1S/C89H144O17P2/c1-5-9-13-17-21-25-29-33-36-39-41-44-47-51-54-58-62-66-70-74-87(92)100-80-85(106-89(94)76-72-68-64-60-56-52-48-45-42-40-37-34-30-26-22-18-14-10-6-2)82-104-108(97,98)102-78-83(90)77-101-107(95,96)103-81-84(105-88(93)75-71-67-63-59-55-49-32-28-24-20-16-12-8-4)79-99-86(91)73-69-65-61-57-53-50-46-43-38-35-31-27-23-19-15-11-7-3/h9-11,13-15,21-23,25-27,33-38,41-42,44-46,50-52,54,56,62,66,83-85,90H,5-8,12,16-20,24,28-32,39-40,43,47-49,53,55,57-61,63-65,67-82H2,1-4H3,(H,95,96)(H,97,98)/b13-9-,14-10-,15-11-,25-21-,26-22-,27-23-,36-33-,37-34-,38-35-,44-41-,45-42-,50-46-,54-51-,56-52-,66-62-. The first-order valence-electron chi connectivity index (χ1n) is 41.0. The van der Waals surface area contributed by atoms with E-state index < -0.39 is 97.5 Å². The Balaban J connectivity index is 5.50. The van der Waals surface area contributed by atoms with Crippen LogP contribution in [-0.4, -0.2) is 96.7 Å². The summed E-state index contributed by atoms with van der Waals surface area (Å²) in [5.74, 6) is -2.35.